The van der Waals surface area contributed by atoms with Gasteiger partial charge < -0.3 is 4.74 Å². The van der Waals surface area contributed by atoms with Crippen LogP contribution in [0.4, 0.5) is 8.78 Å². The van der Waals surface area contributed by atoms with Crippen LogP contribution < -0.4 is 4.74 Å². The largest absolute Gasteiger partial charge is 0.435 e. The van der Waals surface area contributed by atoms with Crippen LogP contribution in [0.25, 0.3) is 0 Å². The van der Waals surface area contributed by atoms with Gasteiger partial charge in [-0.15, -0.1) is 0 Å². The van der Waals surface area contributed by atoms with Gasteiger partial charge in [0.05, 0.1) is 0 Å². The smallest absolute Gasteiger partial charge is 0.223 e. The summed E-state index contributed by atoms with van der Waals surface area (Å²) in [5.74, 6) is -1.98. The molecule has 0 spiro atoms. The van der Waals surface area contributed by atoms with E-state index in [-0.39, 0.29) is 11.6 Å². The van der Waals surface area contributed by atoms with Gasteiger partial charge in [-0.2, -0.15) is 4.39 Å². The Morgan fingerprint density at radius 1 is 1.28 bits per heavy atom. The van der Waals surface area contributed by atoms with Crippen molar-refractivity contribution in [1.82, 2.24) is 4.98 Å². The van der Waals surface area contributed by atoms with Crippen LogP contribution in [0.15, 0.2) is 34.9 Å². The Morgan fingerprint density at radius 2 is 2.06 bits per heavy atom. The molecular formula is C12H7Br2F2NO. The average molecular weight is 379 g/mol. The Balaban J connectivity index is 2.40. The van der Waals surface area contributed by atoms with E-state index in [1.54, 1.807) is 12.1 Å². The predicted molar refractivity (Wildman–Crippen MR) is 71.0 cm³/mol. The number of ether oxygens (including phenoxy) is 1. The van der Waals surface area contributed by atoms with Crippen LogP contribution in [0, 0.1) is 11.6 Å². The second-order valence-electron chi connectivity index (χ2n) is 3.40. The van der Waals surface area contributed by atoms with Crippen LogP contribution in [0.1, 0.15) is 5.56 Å². The molecule has 0 atom stereocenters. The lowest BCUT2D eigenvalue weighted by Crippen LogP contribution is -1.96. The second kappa shape index (κ2) is 5.75. The minimum Gasteiger partial charge on any atom is -0.435 e. The molecular weight excluding hydrogens is 372 g/mol. The third-order valence-electron chi connectivity index (χ3n) is 2.16. The molecule has 1 aromatic heterocycles. The Morgan fingerprint density at radius 3 is 2.78 bits per heavy atom. The fraction of sp³-hybridized carbons (Fsp3) is 0.0833. The van der Waals surface area contributed by atoms with E-state index in [1.165, 1.54) is 12.3 Å². The van der Waals surface area contributed by atoms with Gasteiger partial charge in [0, 0.05) is 21.6 Å². The molecule has 94 valence electrons. The van der Waals surface area contributed by atoms with Gasteiger partial charge in [-0.05, 0) is 18.2 Å². The average Bonchev–Trinajstić information content (AvgIpc) is 2.36. The quantitative estimate of drug-likeness (QED) is 0.564. The van der Waals surface area contributed by atoms with Gasteiger partial charge in [0.2, 0.25) is 11.7 Å². The number of alkyl halides is 1. The van der Waals surface area contributed by atoms with Crippen LogP contribution in [-0.2, 0) is 5.33 Å². The van der Waals surface area contributed by atoms with Crippen LogP contribution >= 0.6 is 31.9 Å². The van der Waals surface area contributed by atoms with E-state index < -0.39 is 11.6 Å². The highest BCUT2D eigenvalue weighted by Gasteiger charge is 2.14. The molecule has 0 amide bonds. The number of hydrogen-bond donors (Lipinski definition) is 0. The minimum absolute atomic E-state index is 0.206. The monoisotopic (exact) mass is 377 g/mol. The minimum atomic E-state index is -1.04. The van der Waals surface area contributed by atoms with E-state index in [9.17, 15) is 8.78 Å². The molecule has 1 aromatic carbocycles. The van der Waals surface area contributed by atoms with Crippen molar-refractivity contribution >= 4 is 31.9 Å². The zero-order valence-electron chi connectivity index (χ0n) is 8.96. The number of hydrogen-bond acceptors (Lipinski definition) is 2. The first-order valence-electron chi connectivity index (χ1n) is 4.94. The fourth-order valence-corrected chi connectivity index (χ4v) is 2.16. The van der Waals surface area contributed by atoms with E-state index in [4.69, 9.17) is 4.74 Å². The lowest BCUT2D eigenvalue weighted by Gasteiger charge is -2.09. The Bertz CT molecular complexity index is 578. The molecule has 0 aliphatic rings. The molecule has 6 heteroatoms. The van der Waals surface area contributed by atoms with E-state index in [1.807, 2.05) is 0 Å². The highest BCUT2D eigenvalue weighted by atomic mass is 79.9. The number of pyridine rings is 1. The van der Waals surface area contributed by atoms with Crippen molar-refractivity contribution in [3.8, 4) is 11.6 Å². The number of rotatable bonds is 3. The molecule has 0 fully saturated rings. The van der Waals surface area contributed by atoms with E-state index in [0.717, 1.165) is 11.6 Å². The fourth-order valence-electron chi connectivity index (χ4n) is 1.33. The molecule has 0 radical (unpaired) electrons. The molecule has 2 rings (SSSR count). The van der Waals surface area contributed by atoms with Gasteiger partial charge >= 0.3 is 0 Å². The van der Waals surface area contributed by atoms with Gasteiger partial charge in [0.15, 0.2) is 11.6 Å². The van der Waals surface area contributed by atoms with Crippen molar-refractivity contribution in [1.29, 1.82) is 0 Å². The lowest BCUT2D eigenvalue weighted by atomic mass is 10.3. The first-order valence-corrected chi connectivity index (χ1v) is 6.85. The van der Waals surface area contributed by atoms with E-state index in [2.05, 4.69) is 36.8 Å². The first kappa shape index (κ1) is 13.4. The maximum atomic E-state index is 13.5. The number of aromatic nitrogens is 1. The maximum Gasteiger partial charge on any atom is 0.223 e. The first-order chi connectivity index (χ1) is 8.61. The molecule has 18 heavy (non-hydrogen) atoms. The van der Waals surface area contributed by atoms with Gasteiger partial charge in [0.25, 0.3) is 0 Å². The zero-order chi connectivity index (χ0) is 13.1. The Labute approximate surface area is 119 Å². The Hall–Kier alpha value is -1.01. The number of halogens is 4. The molecule has 0 aliphatic carbocycles. The van der Waals surface area contributed by atoms with Crippen LogP contribution in [0.5, 0.6) is 11.6 Å². The normalized spacial score (nSPS) is 10.4. The second-order valence-corrected chi connectivity index (χ2v) is 4.88. The number of nitrogens with zero attached hydrogens (tertiary/aromatic N) is 1. The summed E-state index contributed by atoms with van der Waals surface area (Å²) in [6, 6.07) is 5.90. The predicted octanol–water partition coefficient (Wildman–Crippen LogP) is 4.81. The molecule has 0 bridgehead atoms. The van der Waals surface area contributed by atoms with Crippen molar-refractivity contribution in [3.63, 3.8) is 0 Å². The van der Waals surface area contributed by atoms with Crippen LogP contribution in [-0.4, -0.2) is 4.98 Å². The third kappa shape index (κ3) is 2.87. The highest BCUT2D eigenvalue weighted by Crippen LogP contribution is 2.30. The Kier molecular flexibility index (Phi) is 4.29. The van der Waals surface area contributed by atoms with Crippen molar-refractivity contribution in [3.05, 3.63) is 52.1 Å². The molecule has 0 aliphatic heterocycles. The summed E-state index contributed by atoms with van der Waals surface area (Å²) in [5, 5.41) is 0.508. The molecule has 2 nitrogen and oxygen atoms in total. The topological polar surface area (TPSA) is 22.1 Å². The van der Waals surface area contributed by atoms with Gasteiger partial charge in [0.1, 0.15) is 0 Å². The van der Waals surface area contributed by atoms with Gasteiger partial charge in [-0.3, -0.25) is 0 Å². The third-order valence-corrected chi connectivity index (χ3v) is 3.22. The summed E-state index contributed by atoms with van der Waals surface area (Å²) in [7, 11) is 0. The zero-order valence-corrected chi connectivity index (χ0v) is 12.1. The van der Waals surface area contributed by atoms with Gasteiger partial charge in [-0.1, -0.05) is 37.9 Å². The lowest BCUT2D eigenvalue weighted by molar-refractivity contribution is 0.402. The van der Waals surface area contributed by atoms with Crippen LogP contribution in [0.3, 0.4) is 0 Å². The molecule has 1 heterocycles. The summed E-state index contributed by atoms with van der Waals surface area (Å²) in [6.07, 6.45) is 1.52. The van der Waals surface area contributed by atoms with Crippen LogP contribution in [0.2, 0.25) is 0 Å². The molecule has 0 saturated heterocycles. The summed E-state index contributed by atoms with van der Waals surface area (Å²) in [6.45, 7) is 0. The van der Waals surface area contributed by atoms with Crippen molar-refractivity contribution in [2.75, 3.05) is 0 Å². The summed E-state index contributed by atoms with van der Waals surface area (Å²) < 4.78 is 32.5. The van der Waals surface area contributed by atoms with Crippen molar-refractivity contribution < 1.29 is 13.5 Å². The standard InChI is InChI=1S/C12H7Br2F2NO/c13-6-7-2-1-3-17-12(7)18-10-5-8(14)4-9(15)11(10)16/h1-5H,6H2. The van der Waals surface area contributed by atoms with E-state index >= 15 is 0 Å². The van der Waals surface area contributed by atoms with Gasteiger partial charge in [-0.25, -0.2) is 9.37 Å². The summed E-state index contributed by atoms with van der Waals surface area (Å²) in [4.78, 5) is 3.99. The summed E-state index contributed by atoms with van der Waals surface area (Å²) >= 11 is 6.35. The summed E-state index contributed by atoms with van der Waals surface area (Å²) in [5.41, 5.74) is 0.747. The molecule has 2 aromatic rings. The SMILES string of the molecule is Fc1cc(Br)cc(Oc2ncccc2CBr)c1F. The molecule has 0 saturated carbocycles. The van der Waals surface area contributed by atoms with Crippen molar-refractivity contribution in [2.24, 2.45) is 0 Å². The maximum absolute atomic E-state index is 13.5. The highest BCUT2D eigenvalue weighted by molar-refractivity contribution is 9.10. The number of benzene rings is 1. The van der Waals surface area contributed by atoms with E-state index in [0.29, 0.717) is 9.80 Å². The molecule has 0 N–H and O–H groups in total. The molecule has 0 unspecified atom stereocenters. The van der Waals surface area contributed by atoms with Crippen molar-refractivity contribution in [2.45, 2.75) is 5.33 Å².